The van der Waals surface area contributed by atoms with Crippen LogP contribution in [0.5, 0.6) is 0 Å². The van der Waals surface area contributed by atoms with Crippen molar-refractivity contribution in [2.24, 2.45) is 5.73 Å². The van der Waals surface area contributed by atoms with Crippen LogP contribution < -0.4 is 5.73 Å². The molecular formula is C10H14ClN. The van der Waals surface area contributed by atoms with E-state index in [0.29, 0.717) is 0 Å². The average molecular weight is 184 g/mol. The van der Waals surface area contributed by atoms with Crippen LogP contribution in [-0.4, -0.2) is 0 Å². The zero-order valence-electron chi connectivity index (χ0n) is 7.47. The molecule has 2 N–H and O–H groups in total. The van der Waals surface area contributed by atoms with Crippen molar-refractivity contribution in [3.63, 3.8) is 0 Å². The van der Waals surface area contributed by atoms with Crippen LogP contribution in [0.1, 0.15) is 30.5 Å². The monoisotopic (exact) mass is 183 g/mol. The van der Waals surface area contributed by atoms with Crippen LogP contribution in [0.25, 0.3) is 0 Å². The molecule has 0 radical (unpaired) electrons. The van der Waals surface area contributed by atoms with Crippen LogP contribution in [0.15, 0.2) is 18.2 Å². The minimum absolute atomic E-state index is 0.113. The molecule has 2 heteroatoms. The number of benzene rings is 1. The molecule has 0 fully saturated rings. The average Bonchev–Trinajstić information content (AvgIpc) is 2.01. The summed E-state index contributed by atoms with van der Waals surface area (Å²) in [5.74, 6) is 0. The number of hydrogen-bond donors (Lipinski definition) is 1. The molecule has 0 heterocycles. The molecule has 0 aliphatic heterocycles. The van der Waals surface area contributed by atoms with E-state index in [9.17, 15) is 0 Å². The first-order chi connectivity index (χ1) is 5.63. The summed E-state index contributed by atoms with van der Waals surface area (Å²) >= 11 is 5.90. The second-order valence-corrected chi connectivity index (χ2v) is 3.51. The smallest absolute Gasteiger partial charge is 0.0411 e. The van der Waals surface area contributed by atoms with Gasteiger partial charge in [-0.2, -0.15) is 0 Å². The third-order valence-corrected chi connectivity index (χ3v) is 2.15. The quantitative estimate of drug-likeness (QED) is 0.750. The van der Waals surface area contributed by atoms with Gasteiger partial charge in [-0.3, -0.25) is 0 Å². The van der Waals surface area contributed by atoms with Gasteiger partial charge in [0.2, 0.25) is 0 Å². The van der Waals surface area contributed by atoms with Gasteiger partial charge in [0.25, 0.3) is 0 Å². The summed E-state index contributed by atoms with van der Waals surface area (Å²) in [5.41, 5.74) is 8.17. The van der Waals surface area contributed by atoms with Crippen molar-refractivity contribution in [3.8, 4) is 0 Å². The molecule has 1 atom stereocenters. The normalized spacial score (nSPS) is 13.0. The molecule has 0 spiro atoms. The molecule has 0 aliphatic rings. The zero-order chi connectivity index (χ0) is 9.14. The fourth-order valence-electron chi connectivity index (χ4n) is 1.21. The molecule has 1 rings (SSSR count). The summed E-state index contributed by atoms with van der Waals surface area (Å²) in [7, 11) is 0. The highest BCUT2D eigenvalue weighted by Gasteiger charge is 2.03. The van der Waals surface area contributed by atoms with E-state index in [2.05, 4.69) is 13.0 Å². The van der Waals surface area contributed by atoms with E-state index in [1.165, 1.54) is 5.56 Å². The molecule has 66 valence electrons. The van der Waals surface area contributed by atoms with E-state index in [1.54, 1.807) is 0 Å². The summed E-state index contributed by atoms with van der Waals surface area (Å²) in [6, 6.07) is 6.07. The fourth-order valence-corrected chi connectivity index (χ4v) is 1.51. The highest BCUT2D eigenvalue weighted by atomic mass is 35.5. The summed E-state index contributed by atoms with van der Waals surface area (Å²) < 4.78 is 0. The highest BCUT2D eigenvalue weighted by Crippen LogP contribution is 2.20. The SMILES string of the molecule is CCC(N)c1cc(C)cc(Cl)c1. The van der Waals surface area contributed by atoms with Crippen LogP contribution in [-0.2, 0) is 0 Å². The van der Waals surface area contributed by atoms with Crippen molar-refractivity contribution in [2.75, 3.05) is 0 Å². The van der Waals surface area contributed by atoms with Gasteiger partial charge in [-0.05, 0) is 36.6 Å². The maximum atomic E-state index is 5.90. The fraction of sp³-hybridized carbons (Fsp3) is 0.400. The Labute approximate surface area is 78.5 Å². The molecule has 0 saturated heterocycles. The summed E-state index contributed by atoms with van der Waals surface area (Å²) in [6.45, 7) is 4.10. The first kappa shape index (κ1) is 9.56. The Morgan fingerprint density at radius 2 is 2.08 bits per heavy atom. The Kier molecular flexibility index (Phi) is 3.12. The molecule has 0 saturated carbocycles. The lowest BCUT2D eigenvalue weighted by Crippen LogP contribution is -2.08. The lowest BCUT2D eigenvalue weighted by molar-refractivity contribution is 0.698. The lowest BCUT2D eigenvalue weighted by Gasteiger charge is -2.10. The third-order valence-electron chi connectivity index (χ3n) is 1.93. The summed E-state index contributed by atoms with van der Waals surface area (Å²) in [6.07, 6.45) is 0.944. The number of hydrogen-bond acceptors (Lipinski definition) is 1. The molecule has 1 aromatic carbocycles. The first-order valence-corrected chi connectivity index (χ1v) is 4.54. The van der Waals surface area contributed by atoms with Gasteiger partial charge in [-0.25, -0.2) is 0 Å². The van der Waals surface area contributed by atoms with Crippen molar-refractivity contribution < 1.29 is 0 Å². The third kappa shape index (κ3) is 2.23. The topological polar surface area (TPSA) is 26.0 Å². The van der Waals surface area contributed by atoms with Crippen LogP contribution >= 0.6 is 11.6 Å². The van der Waals surface area contributed by atoms with Gasteiger partial charge in [0, 0.05) is 11.1 Å². The molecule has 0 aliphatic carbocycles. The maximum Gasteiger partial charge on any atom is 0.0411 e. The van der Waals surface area contributed by atoms with E-state index < -0.39 is 0 Å². The largest absolute Gasteiger partial charge is 0.324 e. The van der Waals surface area contributed by atoms with Gasteiger partial charge >= 0.3 is 0 Å². The van der Waals surface area contributed by atoms with Crippen molar-refractivity contribution in [1.29, 1.82) is 0 Å². The Bertz CT molecular complexity index is 250. The summed E-state index contributed by atoms with van der Waals surface area (Å²) in [5, 5.41) is 0.772. The van der Waals surface area contributed by atoms with Crippen LogP contribution in [0.4, 0.5) is 0 Å². The van der Waals surface area contributed by atoms with E-state index in [-0.39, 0.29) is 6.04 Å². The highest BCUT2D eigenvalue weighted by molar-refractivity contribution is 6.30. The zero-order valence-corrected chi connectivity index (χ0v) is 8.23. The molecule has 1 unspecified atom stereocenters. The van der Waals surface area contributed by atoms with E-state index >= 15 is 0 Å². The van der Waals surface area contributed by atoms with Crippen LogP contribution in [0.2, 0.25) is 5.02 Å². The predicted octanol–water partition coefficient (Wildman–Crippen LogP) is 3.06. The number of rotatable bonds is 2. The second-order valence-electron chi connectivity index (χ2n) is 3.08. The standard InChI is InChI=1S/C10H14ClN/c1-3-10(12)8-4-7(2)5-9(11)6-8/h4-6,10H,3,12H2,1-2H3. The number of halogens is 1. The van der Waals surface area contributed by atoms with Crippen molar-refractivity contribution >= 4 is 11.6 Å². The molecule has 0 aromatic heterocycles. The second kappa shape index (κ2) is 3.92. The van der Waals surface area contributed by atoms with Gasteiger partial charge in [-0.15, -0.1) is 0 Å². The molecule has 0 amide bonds. The van der Waals surface area contributed by atoms with Crippen LogP contribution in [0.3, 0.4) is 0 Å². The molecule has 1 aromatic rings. The lowest BCUT2D eigenvalue weighted by atomic mass is 10.0. The van der Waals surface area contributed by atoms with Gasteiger partial charge in [0.05, 0.1) is 0 Å². The molecule has 1 nitrogen and oxygen atoms in total. The van der Waals surface area contributed by atoms with Crippen molar-refractivity contribution in [2.45, 2.75) is 26.3 Å². The van der Waals surface area contributed by atoms with Gasteiger partial charge < -0.3 is 5.73 Å². The van der Waals surface area contributed by atoms with E-state index in [1.807, 2.05) is 19.1 Å². The van der Waals surface area contributed by atoms with Crippen molar-refractivity contribution in [3.05, 3.63) is 34.3 Å². The summed E-state index contributed by atoms with van der Waals surface area (Å²) in [4.78, 5) is 0. The molecular weight excluding hydrogens is 170 g/mol. The van der Waals surface area contributed by atoms with Gasteiger partial charge in [-0.1, -0.05) is 24.6 Å². The van der Waals surface area contributed by atoms with Gasteiger partial charge in [0.15, 0.2) is 0 Å². The molecule has 12 heavy (non-hydrogen) atoms. The van der Waals surface area contributed by atoms with Gasteiger partial charge in [0.1, 0.15) is 0 Å². The Balaban J connectivity index is 3.00. The van der Waals surface area contributed by atoms with E-state index in [0.717, 1.165) is 17.0 Å². The van der Waals surface area contributed by atoms with Crippen LogP contribution in [0, 0.1) is 6.92 Å². The predicted molar refractivity (Wildman–Crippen MR) is 53.4 cm³/mol. The number of aryl methyl sites for hydroxylation is 1. The Morgan fingerprint density at radius 3 is 2.58 bits per heavy atom. The van der Waals surface area contributed by atoms with E-state index in [4.69, 9.17) is 17.3 Å². The molecule has 0 bridgehead atoms. The maximum absolute atomic E-state index is 5.90. The van der Waals surface area contributed by atoms with Crippen molar-refractivity contribution in [1.82, 2.24) is 0 Å². The first-order valence-electron chi connectivity index (χ1n) is 4.16. The number of nitrogens with two attached hydrogens (primary N) is 1. The minimum atomic E-state index is 0.113. The Morgan fingerprint density at radius 1 is 1.42 bits per heavy atom. The minimum Gasteiger partial charge on any atom is -0.324 e. The Hall–Kier alpha value is -0.530.